The number of hydrogen-bond donors (Lipinski definition) is 2. The third-order valence-corrected chi connectivity index (χ3v) is 4.04. The molecule has 1 aromatic rings. The van der Waals surface area contributed by atoms with Crippen LogP contribution in [0.5, 0.6) is 0 Å². The number of rotatable bonds is 5. The van der Waals surface area contributed by atoms with Crippen LogP contribution in [0, 0.1) is 0 Å². The molecule has 1 aromatic carbocycles. The van der Waals surface area contributed by atoms with Crippen molar-refractivity contribution in [2.45, 2.75) is 32.5 Å². The number of amides is 3. The molecule has 1 heterocycles. The third-order valence-electron chi connectivity index (χ3n) is 4.04. The van der Waals surface area contributed by atoms with Crippen molar-refractivity contribution in [3.05, 3.63) is 24.3 Å². The highest BCUT2D eigenvalue weighted by atomic mass is 16.5. The van der Waals surface area contributed by atoms with Crippen molar-refractivity contribution in [1.29, 1.82) is 0 Å². The van der Waals surface area contributed by atoms with Crippen LogP contribution in [0.25, 0.3) is 0 Å². The molecule has 0 spiro atoms. The summed E-state index contributed by atoms with van der Waals surface area (Å²) >= 11 is 0. The molecule has 2 atom stereocenters. The molecule has 7 nitrogen and oxygen atoms in total. The van der Waals surface area contributed by atoms with E-state index in [2.05, 4.69) is 15.5 Å². The Kier molecular flexibility index (Phi) is 6.64. The summed E-state index contributed by atoms with van der Waals surface area (Å²) in [6, 6.07) is 7.41. The van der Waals surface area contributed by atoms with Crippen LogP contribution in [0.15, 0.2) is 24.3 Å². The van der Waals surface area contributed by atoms with Gasteiger partial charge in [-0.25, -0.2) is 4.79 Å². The van der Waals surface area contributed by atoms with Crippen LogP contribution in [0.4, 0.5) is 16.2 Å². The Hall–Kier alpha value is -2.28. The van der Waals surface area contributed by atoms with Crippen LogP contribution < -0.4 is 15.5 Å². The first-order chi connectivity index (χ1) is 11.9. The summed E-state index contributed by atoms with van der Waals surface area (Å²) in [6.45, 7) is 5.96. The van der Waals surface area contributed by atoms with Gasteiger partial charge in [0.05, 0.1) is 23.6 Å². The van der Waals surface area contributed by atoms with E-state index in [0.717, 1.165) is 24.5 Å². The molecule has 1 saturated heterocycles. The summed E-state index contributed by atoms with van der Waals surface area (Å²) in [5, 5.41) is 5.61. The topological polar surface area (TPSA) is 73.9 Å². The monoisotopic (exact) mass is 348 g/mol. The normalized spacial score (nSPS) is 20.1. The number of ether oxygens (including phenoxy) is 1. The number of para-hydroxylation sites is 2. The fourth-order valence-electron chi connectivity index (χ4n) is 2.90. The van der Waals surface area contributed by atoms with E-state index in [1.54, 1.807) is 14.1 Å². The van der Waals surface area contributed by atoms with Crippen molar-refractivity contribution in [2.75, 3.05) is 43.9 Å². The average molecular weight is 348 g/mol. The number of benzene rings is 1. The van der Waals surface area contributed by atoms with E-state index >= 15 is 0 Å². The van der Waals surface area contributed by atoms with Gasteiger partial charge in [-0.15, -0.1) is 0 Å². The van der Waals surface area contributed by atoms with Gasteiger partial charge in [0.1, 0.15) is 0 Å². The van der Waals surface area contributed by atoms with Crippen molar-refractivity contribution >= 4 is 23.3 Å². The number of hydrogen-bond acceptors (Lipinski definition) is 4. The number of nitrogens with one attached hydrogen (secondary N) is 2. The van der Waals surface area contributed by atoms with Crippen LogP contribution in [0.3, 0.4) is 0 Å². The molecule has 3 amide bonds. The number of morpholine rings is 1. The zero-order valence-electron chi connectivity index (χ0n) is 15.4. The fraction of sp³-hybridized carbons (Fsp3) is 0.556. The molecular formula is C18H28N4O3. The Morgan fingerprint density at radius 1 is 1.20 bits per heavy atom. The minimum atomic E-state index is -0.312. The summed E-state index contributed by atoms with van der Waals surface area (Å²) in [5.74, 6) is -0.0167. The molecule has 2 unspecified atom stereocenters. The van der Waals surface area contributed by atoms with Crippen molar-refractivity contribution < 1.29 is 14.3 Å². The number of nitrogens with zero attached hydrogens (tertiary/aromatic N) is 2. The molecule has 0 aliphatic carbocycles. The summed E-state index contributed by atoms with van der Waals surface area (Å²) in [4.78, 5) is 27.4. The largest absolute Gasteiger partial charge is 0.372 e. The second-order valence-corrected chi connectivity index (χ2v) is 6.60. The van der Waals surface area contributed by atoms with E-state index < -0.39 is 0 Å². The Morgan fingerprint density at radius 2 is 1.84 bits per heavy atom. The lowest BCUT2D eigenvalue weighted by molar-refractivity contribution is -0.128. The van der Waals surface area contributed by atoms with Crippen molar-refractivity contribution in [3.8, 4) is 0 Å². The Balaban J connectivity index is 1.96. The molecule has 1 aliphatic rings. The van der Waals surface area contributed by atoms with Crippen LogP contribution in [0.2, 0.25) is 0 Å². The van der Waals surface area contributed by atoms with Gasteiger partial charge in [0.2, 0.25) is 5.91 Å². The van der Waals surface area contributed by atoms with E-state index in [-0.39, 0.29) is 30.6 Å². The maximum Gasteiger partial charge on any atom is 0.319 e. The molecule has 2 N–H and O–H groups in total. The van der Waals surface area contributed by atoms with Gasteiger partial charge < -0.3 is 25.2 Å². The first-order valence-electron chi connectivity index (χ1n) is 8.61. The van der Waals surface area contributed by atoms with Gasteiger partial charge in [0, 0.05) is 40.2 Å². The molecule has 0 radical (unpaired) electrons. The lowest BCUT2D eigenvalue weighted by Crippen LogP contribution is -2.45. The Bertz CT molecular complexity index is 596. The highest BCUT2D eigenvalue weighted by molar-refractivity contribution is 5.93. The smallest absolute Gasteiger partial charge is 0.319 e. The summed E-state index contributed by atoms with van der Waals surface area (Å²) in [6.07, 6.45) is 0.561. The van der Waals surface area contributed by atoms with Gasteiger partial charge >= 0.3 is 6.03 Å². The number of carbonyl (C=O) groups excluding carboxylic acids is 2. The molecule has 7 heteroatoms. The second-order valence-electron chi connectivity index (χ2n) is 6.60. The standard InChI is InChI=1S/C18H28N4O3/c1-13-11-22(12-14(2)25-13)16-8-6-5-7-15(16)20-18(24)19-10-9-17(23)21(3)4/h5-8,13-14H,9-12H2,1-4H3,(H2,19,20,24). The van der Waals surface area contributed by atoms with E-state index in [1.807, 2.05) is 38.1 Å². The molecule has 0 saturated carbocycles. The quantitative estimate of drug-likeness (QED) is 0.852. The maximum atomic E-state index is 12.1. The predicted octanol–water partition coefficient (Wildman–Crippen LogP) is 1.90. The van der Waals surface area contributed by atoms with Gasteiger partial charge in [-0.3, -0.25) is 4.79 Å². The minimum Gasteiger partial charge on any atom is -0.372 e. The summed E-state index contributed by atoms with van der Waals surface area (Å²) < 4.78 is 5.78. The zero-order valence-corrected chi connectivity index (χ0v) is 15.4. The van der Waals surface area contributed by atoms with Gasteiger partial charge in [-0.2, -0.15) is 0 Å². The van der Waals surface area contributed by atoms with Crippen molar-refractivity contribution in [1.82, 2.24) is 10.2 Å². The number of carbonyl (C=O) groups is 2. The highest BCUT2D eigenvalue weighted by Crippen LogP contribution is 2.28. The zero-order chi connectivity index (χ0) is 18.4. The van der Waals surface area contributed by atoms with Gasteiger partial charge in [0.25, 0.3) is 0 Å². The predicted molar refractivity (Wildman–Crippen MR) is 99.0 cm³/mol. The average Bonchev–Trinajstić information content (AvgIpc) is 2.54. The SMILES string of the molecule is CC1CN(c2ccccc2NC(=O)NCCC(=O)N(C)C)CC(C)O1. The maximum absolute atomic E-state index is 12.1. The second kappa shape index (κ2) is 8.71. The van der Waals surface area contributed by atoms with Crippen molar-refractivity contribution in [3.63, 3.8) is 0 Å². The molecule has 1 aliphatic heterocycles. The Morgan fingerprint density at radius 3 is 2.48 bits per heavy atom. The first kappa shape index (κ1) is 19.1. The summed E-state index contributed by atoms with van der Waals surface area (Å²) in [5.41, 5.74) is 1.73. The molecule has 0 aromatic heterocycles. The van der Waals surface area contributed by atoms with Crippen LogP contribution in [-0.4, -0.2) is 62.8 Å². The number of urea groups is 1. The minimum absolute atomic E-state index is 0.0167. The highest BCUT2D eigenvalue weighted by Gasteiger charge is 2.24. The van der Waals surface area contributed by atoms with Crippen LogP contribution in [-0.2, 0) is 9.53 Å². The third kappa shape index (κ3) is 5.63. The molecule has 0 bridgehead atoms. The van der Waals surface area contributed by atoms with E-state index in [4.69, 9.17) is 4.74 Å². The fourth-order valence-corrected chi connectivity index (χ4v) is 2.90. The van der Waals surface area contributed by atoms with Crippen molar-refractivity contribution in [2.24, 2.45) is 0 Å². The molecule has 25 heavy (non-hydrogen) atoms. The van der Waals surface area contributed by atoms with Gasteiger partial charge in [0.15, 0.2) is 0 Å². The van der Waals surface area contributed by atoms with Gasteiger partial charge in [-0.05, 0) is 26.0 Å². The number of anilines is 2. The lowest BCUT2D eigenvalue weighted by Gasteiger charge is -2.37. The van der Waals surface area contributed by atoms with E-state index in [1.165, 1.54) is 4.90 Å². The summed E-state index contributed by atoms with van der Waals surface area (Å²) in [7, 11) is 3.39. The van der Waals surface area contributed by atoms with E-state index in [9.17, 15) is 9.59 Å². The van der Waals surface area contributed by atoms with Crippen LogP contribution in [0.1, 0.15) is 20.3 Å². The molecule has 138 valence electrons. The van der Waals surface area contributed by atoms with Crippen LogP contribution >= 0.6 is 0 Å². The molecular weight excluding hydrogens is 320 g/mol. The van der Waals surface area contributed by atoms with E-state index in [0.29, 0.717) is 6.54 Å². The lowest BCUT2D eigenvalue weighted by atomic mass is 10.1. The molecule has 2 rings (SSSR count). The Labute approximate surface area is 149 Å². The first-order valence-corrected chi connectivity index (χ1v) is 8.61. The van der Waals surface area contributed by atoms with Gasteiger partial charge in [-0.1, -0.05) is 12.1 Å². The molecule has 1 fully saturated rings.